The number of hydrogen-bond donors (Lipinski definition) is 1. The van der Waals surface area contributed by atoms with Gasteiger partial charge in [-0.25, -0.2) is 0 Å². The Labute approximate surface area is 166 Å². The normalized spacial score (nSPS) is 15.6. The van der Waals surface area contributed by atoms with Gasteiger partial charge >= 0.3 is 0 Å². The van der Waals surface area contributed by atoms with E-state index in [4.69, 9.17) is 0 Å². The van der Waals surface area contributed by atoms with Crippen molar-refractivity contribution >= 4 is 22.4 Å². The van der Waals surface area contributed by atoms with Crippen LogP contribution in [0.25, 0.3) is 10.8 Å². The highest BCUT2D eigenvalue weighted by atomic mass is 16.1. The summed E-state index contributed by atoms with van der Waals surface area (Å²) in [4.78, 5) is 17.0. The van der Waals surface area contributed by atoms with Crippen molar-refractivity contribution in [2.75, 3.05) is 38.0 Å². The molecule has 0 spiro atoms. The smallest absolute Gasteiger partial charge is 0.225 e. The Morgan fingerprint density at radius 3 is 2.29 bits per heavy atom. The van der Waals surface area contributed by atoms with E-state index in [1.807, 2.05) is 30.3 Å². The van der Waals surface area contributed by atoms with Crippen molar-refractivity contribution in [1.82, 2.24) is 9.80 Å². The van der Waals surface area contributed by atoms with E-state index >= 15 is 0 Å². The van der Waals surface area contributed by atoms with Crippen LogP contribution >= 0.6 is 0 Å². The second-order valence-electron chi connectivity index (χ2n) is 7.42. The molecule has 4 rings (SSSR count). The van der Waals surface area contributed by atoms with E-state index in [1.54, 1.807) is 0 Å². The minimum Gasteiger partial charge on any atom is -0.326 e. The highest BCUT2D eigenvalue weighted by Crippen LogP contribution is 2.20. The van der Waals surface area contributed by atoms with Gasteiger partial charge in [0.1, 0.15) is 0 Å². The largest absolute Gasteiger partial charge is 0.326 e. The van der Waals surface area contributed by atoms with Crippen LogP contribution in [0.2, 0.25) is 0 Å². The molecule has 1 saturated heterocycles. The fourth-order valence-electron chi connectivity index (χ4n) is 3.85. The SMILES string of the molecule is O=C(CCN1CCN(Cc2cccc3ccccc23)CC1)Nc1ccccc1. The molecular weight excluding hydrogens is 346 g/mol. The molecule has 28 heavy (non-hydrogen) atoms. The predicted octanol–water partition coefficient (Wildman–Crippen LogP) is 3.99. The number of nitrogens with one attached hydrogen (secondary N) is 1. The summed E-state index contributed by atoms with van der Waals surface area (Å²) >= 11 is 0. The second-order valence-corrected chi connectivity index (χ2v) is 7.42. The third kappa shape index (κ3) is 4.77. The highest BCUT2D eigenvalue weighted by Gasteiger charge is 2.18. The monoisotopic (exact) mass is 373 g/mol. The lowest BCUT2D eigenvalue weighted by atomic mass is 10.0. The van der Waals surface area contributed by atoms with E-state index in [1.165, 1.54) is 16.3 Å². The number of anilines is 1. The number of fused-ring (bicyclic) bond motifs is 1. The van der Waals surface area contributed by atoms with E-state index in [-0.39, 0.29) is 5.91 Å². The Morgan fingerprint density at radius 2 is 1.46 bits per heavy atom. The molecular formula is C24H27N3O. The van der Waals surface area contributed by atoms with Crippen molar-refractivity contribution in [1.29, 1.82) is 0 Å². The molecule has 1 aliphatic heterocycles. The summed E-state index contributed by atoms with van der Waals surface area (Å²) in [5.41, 5.74) is 2.26. The van der Waals surface area contributed by atoms with Gasteiger partial charge in [-0.3, -0.25) is 9.69 Å². The number of carbonyl (C=O) groups excluding carboxylic acids is 1. The number of hydrogen-bond acceptors (Lipinski definition) is 3. The van der Waals surface area contributed by atoms with Gasteiger partial charge in [0.25, 0.3) is 0 Å². The number of piperazine rings is 1. The number of nitrogens with zero attached hydrogens (tertiary/aromatic N) is 2. The maximum absolute atomic E-state index is 12.1. The van der Waals surface area contributed by atoms with Crippen LogP contribution in [-0.2, 0) is 11.3 Å². The molecule has 0 unspecified atom stereocenters. The molecule has 1 amide bonds. The minimum atomic E-state index is 0.0874. The van der Waals surface area contributed by atoms with Crippen molar-refractivity contribution in [3.05, 3.63) is 78.4 Å². The van der Waals surface area contributed by atoms with E-state index in [9.17, 15) is 4.79 Å². The Morgan fingerprint density at radius 1 is 0.786 bits per heavy atom. The van der Waals surface area contributed by atoms with Crippen LogP contribution in [0.1, 0.15) is 12.0 Å². The van der Waals surface area contributed by atoms with Gasteiger partial charge in [-0.05, 0) is 28.5 Å². The first-order valence-electron chi connectivity index (χ1n) is 10.0. The van der Waals surface area contributed by atoms with E-state index in [2.05, 4.69) is 57.6 Å². The summed E-state index contributed by atoms with van der Waals surface area (Å²) in [5.74, 6) is 0.0874. The third-order valence-electron chi connectivity index (χ3n) is 5.45. The molecule has 1 heterocycles. The fourth-order valence-corrected chi connectivity index (χ4v) is 3.85. The average Bonchev–Trinajstić information content (AvgIpc) is 2.74. The van der Waals surface area contributed by atoms with Crippen LogP contribution in [0.5, 0.6) is 0 Å². The number of benzene rings is 3. The molecule has 1 fully saturated rings. The molecule has 144 valence electrons. The van der Waals surface area contributed by atoms with Crippen molar-refractivity contribution in [3.8, 4) is 0 Å². The topological polar surface area (TPSA) is 35.6 Å². The fraction of sp³-hybridized carbons (Fsp3) is 0.292. The number of para-hydroxylation sites is 1. The zero-order valence-corrected chi connectivity index (χ0v) is 16.2. The van der Waals surface area contributed by atoms with Gasteiger partial charge in [-0.15, -0.1) is 0 Å². The molecule has 0 bridgehead atoms. The van der Waals surface area contributed by atoms with Crippen LogP contribution in [0, 0.1) is 0 Å². The lowest BCUT2D eigenvalue weighted by molar-refractivity contribution is -0.116. The molecule has 0 radical (unpaired) electrons. The molecule has 0 aliphatic carbocycles. The summed E-state index contributed by atoms with van der Waals surface area (Å²) in [5, 5.41) is 5.62. The summed E-state index contributed by atoms with van der Waals surface area (Å²) in [7, 11) is 0. The van der Waals surface area contributed by atoms with Crippen LogP contribution in [0.4, 0.5) is 5.69 Å². The summed E-state index contributed by atoms with van der Waals surface area (Å²) in [6, 6.07) is 24.8. The van der Waals surface area contributed by atoms with Crippen LogP contribution in [0.15, 0.2) is 72.8 Å². The van der Waals surface area contributed by atoms with Crippen LogP contribution in [-0.4, -0.2) is 48.4 Å². The Kier molecular flexibility index (Phi) is 6.00. The van der Waals surface area contributed by atoms with Gasteiger partial charge in [0.05, 0.1) is 0 Å². The molecule has 3 aromatic rings. The van der Waals surface area contributed by atoms with Gasteiger partial charge in [0, 0.05) is 51.4 Å². The summed E-state index contributed by atoms with van der Waals surface area (Å²) in [6.07, 6.45) is 0.540. The lowest BCUT2D eigenvalue weighted by Crippen LogP contribution is -2.46. The molecule has 0 aromatic heterocycles. The number of carbonyl (C=O) groups is 1. The standard InChI is InChI=1S/C24H27N3O/c28-24(25-22-10-2-1-3-11-22)13-14-26-15-17-27(18-16-26)19-21-9-6-8-20-7-4-5-12-23(20)21/h1-12H,13-19H2,(H,25,28). The molecule has 0 saturated carbocycles. The van der Waals surface area contributed by atoms with Crippen LogP contribution in [0.3, 0.4) is 0 Å². The molecule has 0 atom stereocenters. The van der Waals surface area contributed by atoms with E-state index in [0.29, 0.717) is 6.42 Å². The van der Waals surface area contributed by atoms with Crippen molar-refractivity contribution < 1.29 is 4.79 Å². The zero-order valence-electron chi connectivity index (χ0n) is 16.2. The first-order chi connectivity index (χ1) is 13.8. The van der Waals surface area contributed by atoms with Gasteiger partial charge in [0.2, 0.25) is 5.91 Å². The summed E-state index contributed by atoms with van der Waals surface area (Å²) in [6.45, 7) is 5.93. The number of rotatable bonds is 6. The first-order valence-corrected chi connectivity index (χ1v) is 10.0. The van der Waals surface area contributed by atoms with Gasteiger partial charge in [-0.2, -0.15) is 0 Å². The number of amides is 1. The highest BCUT2D eigenvalue weighted by molar-refractivity contribution is 5.90. The van der Waals surface area contributed by atoms with E-state index in [0.717, 1.165) is 45.0 Å². The molecule has 1 N–H and O–H groups in total. The maximum atomic E-state index is 12.1. The van der Waals surface area contributed by atoms with Gasteiger partial charge < -0.3 is 10.2 Å². The Hall–Kier alpha value is -2.69. The summed E-state index contributed by atoms with van der Waals surface area (Å²) < 4.78 is 0. The minimum absolute atomic E-state index is 0.0874. The first kappa shape index (κ1) is 18.7. The predicted molar refractivity (Wildman–Crippen MR) is 115 cm³/mol. The maximum Gasteiger partial charge on any atom is 0.225 e. The zero-order chi connectivity index (χ0) is 19.2. The second kappa shape index (κ2) is 9.00. The molecule has 3 aromatic carbocycles. The third-order valence-corrected chi connectivity index (χ3v) is 5.45. The lowest BCUT2D eigenvalue weighted by Gasteiger charge is -2.34. The van der Waals surface area contributed by atoms with Crippen molar-refractivity contribution in [3.63, 3.8) is 0 Å². The Balaban J connectivity index is 1.24. The molecule has 1 aliphatic rings. The van der Waals surface area contributed by atoms with Crippen molar-refractivity contribution in [2.24, 2.45) is 0 Å². The molecule has 4 heteroatoms. The van der Waals surface area contributed by atoms with Gasteiger partial charge in [-0.1, -0.05) is 60.7 Å². The average molecular weight is 374 g/mol. The van der Waals surface area contributed by atoms with Crippen LogP contribution < -0.4 is 5.32 Å². The quantitative estimate of drug-likeness (QED) is 0.710. The van der Waals surface area contributed by atoms with E-state index < -0.39 is 0 Å². The Bertz CT molecular complexity index is 912. The van der Waals surface area contributed by atoms with Gasteiger partial charge in [0.15, 0.2) is 0 Å². The molecule has 4 nitrogen and oxygen atoms in total. The van der Waals surface area contributed by atoms with Crippen molar-refractivity contribution in [2.45, 2.75) is 13.0 Å².